The van der Waals surface area contributed by atoms with Crippen molar-refractivity contribution in [2.45, 2.75) is 38.8 Å². The van der Waals surface area contributed by atoms with E-state index < -0.39 is 17.0 Å². The molecule has 0 radical (unpaired) electrons. The molecule has 0 fully saturated rings. The molecule has 6 heteroatoms. The van der Waals surface area contributed by atoms with Crippen molar-refractivity contribution < 1.29 is 9.63 Å². The number of aromatic nitrogens is 2. The summed E-state index contributed by atoms with van der Waals surface area (Å²) in [5.41, 5.74) is 7.83. The van der Waals surface area contributed by atoms with Crippen molar-refractivity contribution >= 4 is 16.9 Å². The van der Waals surface area contributed by atoms with Crippen LogP contribution in [0.25, 0.3) is 11.0 Å². The van der Waals surface area contributed by atoms with Crippen molar-refractivity contribution in [1.82, 2.24) is 15.0 Å². The van der Waals surface area contributed by atoms with E-state index >= 15 is 0 Å². The molecule has 2 heterocycles. The Bertz CT molecular complexity index is 783. The van der Waals surface area contributed by atoms with Gasteiger partial charge >= 0.3 is 0 Å². The Balaban J connectivity index is 2.38. The zero-order valence-electron chi connectivity index (χ0n) is 13.5. The normalized spacial score (nSPS) is 19.3. The maximum absolute atomic E-state index is 11.6. The van der Waals surface area contributed by atoms with Crippen LogP contribution in [0.3, 0.4) is 0 Å². The van der Waals surface area contributed by atoms with Crippen LogP contribution >= 0.6 is 0 Å². The molecular weight excluding hydrogens is 280 g/mol. The molecule has 0 unspecified atom stereocenters. The molecule has 0 aliphatic carbocycles. The third-order valence-corrected chi connectivity index (χ3v) is 4.32. The van der Waals surface area contributed by atoms with Gasteiger partial charge in [-0.15, -0.1) is 0 Å². The number of nitrogens with zero attached hydrogens (tertiary/aromatic N) is 3. The minimum Gasteiger partial charge on any atom is -0.366 e. The molecule has 0 saturated heterocycles. The molecule has 0 spiro atoms. The molecule has 0 bridgehead atoms. The van der Waals surface area contributed by atoms with E-state index in [-0.39, 0.29) is 0 Å². The Morgan fingerprint density at radius 2 is 1.73 bits per heavy atom. The fourth-order valence-electron chi connectivity index (χ4n) is 3.48. The van der Waals surface area contributed by atoms with Gasteiger partial charge in [0.15, 0.2) is 0 Å². The van der Waals surface area contributed by atoms with Gasteiger partial charge < -0.3 is 10.6 Å². The average Bonchev–Trinajstić information content (AvgIpc) is 2.59. The van der Waals surface area contributed by atoms with Crippen LogP contribution in [0.2, 0.25) is 0 Å². The van der Waals surface area contributed by atoms with Crippen LogP contribution in [0, 0.1) is 0 Å². The highest BCUT2D eigenvalue weighted by atomic mass is 16.7. The molecule has 2 aromatic rings. The second kappa shape index (κ2) is 4.47. The molecule has 0 saturated carbocycles. The van der Waals surface area contributed by atoms with E-state index in [1.807, 2.05) is 38.8 Å². The molecule has 1 aromatic heterocycles. The highest BCUT2D eigenvalue weighted by molar-refractivity contribution is 6.03. The lowest BCUT2D eigenvalue weighted by Gasteiger charge is -2.37. The summed E-state index contributed by atoms with van der Waals surface area (Å²) < 4.78 is 0. The SMILES string of the molecule is CON1C(C)(C)c2nc3cccc(C(N)=O)c3nc2C1(C)C. The fourth-order valence-corrected chi connectivity index (χ4v) is 3.48. The number of benzene rings is 1. The number of para-hydroxylation sites is 1. The van der Waals surface area contributed by atoms with Crippen LogP contribution in [0.1, 0.15) is 49.4 Å². The maximum atomic E-state index is 11.6. The maximum Gasteiger partial charge on any atom is 0.250 e. The molecule has 0 atom stereocenters. The van der Waals surface area contributed by atoms with E-state index in [1.165, 1.54) is 0 Å². The van der Waals surface area contributed by atoms with E-state index in [2.05, 4.69) is 0 Å². The molecule has 1 aliphatic heterocycles. The van der Waals surface area contributed by atoms with Gasteiger partial charge in [-0.3, -0.25) is 4.79 Å². The molecule has 3 rings (SSSR count). The minimum absolute atomic E-state index is 0.386. The zero-order chi connectivity index (χ0) is 16.3. The number of fused-ring (bicyclic) bond motifs is 2. The van der Waals surface area contributed by atoms with Crippen molar-refractivity contribution in [2.24, 2.45) is 5.73 Å². The monoisotopic (exact) mass is 300 g/mol. The number of carbonyl (C=O) groups is 1. The first kappa shape index (κ1) is 14.9. The molecule has 1 aliphatic rings. The summed E-state index contributed by atoms with van der Waals surface area (Å²) in [4.78, 5) is 26.7. The molecule has 22 heavy (non-hydrogen) atoms. The summed E-state index contributed by atoms with van der Waals surface area (Å²) in [6.07, 6.45) is 0. The van der Waals surface area contributed by atoms with Crippen molar-refractivity contribution in [2.75, 3.05) is 7.11 Å². The van der Waals surface area contributed by atoms with E-state index in [0.29, 0.717) is 16.6 Å². The van der Waals surface area contributed by atoms with Crippen molar-refractivity contribution in [1.29, 1.82) is 0 Å². The number of rotatable bonds is 2. The van der Waals surface area contributed by atoms with Gasteiger partial charge in [-0.2, -0.15) is 5.06 Å². The summed E-state index contributed by atoms with van der Waals surface area (Å²) >= 11 is 0. The number of nitrogens with two attached hydrogens (primary N) is 1. The van der Waals surface area contributed by atoms with Crippen LogP contribution in [0.4, 0.5) is 0 Å². The first-order valence-corrected chi connectivity index (χ1v) is 7.17. The Kier molecular flexibility index (Phi) is 3.02. The largest absolute Gasteiger partial charge is 0.366 e. The van der Waals surface area contributed by atoms with Gasteiger partial charge in [0, 0.05) is 0 Å². The van der Waals surface area contributed by atoms with Crippen LogP contribution in [-0.2, 0) is 15.9 Å². The summed E-state index contributed by atoms with van der Waals surface area (Å²) in [6, 6.07) is 5.28. The lowest BCUT2D eigenvalue weighted by atomic mass is 9.99. The van der Waals surface area contributed by atoms with Crippen LogP contribution in [0.15, 0.2) is 18.2 Å². The molecule has 2 N–H and O–H groups in total. The number of hydroxylamine groups is 2. The number of carbonyl (C=O) groups excluding carboxylic acids is 1. The van der Waals surface area contributed by atoms with E-state index in [9.17, 15) is 4.79 Å². The van der Waals surface area contributed by atoms with Gasteiger partial charge in [-0.1, -0.05) is 6.07 Å². The summed E-state index contributed by atoms with van der Waals surface area (Å²) in [5, 5.41) is 1.88. The quantitative estimate of drug-likeness (QED) is 0.918. The van der Waals surface area contributed by atoms with Gasteiger partial charge in [0.25, 0.3) is 5.91 Å². The highest BCUT2D eigenvalue weighted by Crippen LogP contribution is 2.48. The van der Waals surface area contributed by atoms with E-state index in [4.69, 9.17) is 20.5 Å². The Morgan fingerprint density at radius 1 is 1.14 bits per heavy atom. The lowest BCUT2D eigenvalue weighted by molar-refractivity contribution is -0.242. The van der Waals surface area contributed by atoms with Gasteiger partial charge in [0.2, 0.25) is 0 Å². The Hall–Kier alpha value is -2.05. The third kappa shape index (κ3) is 1.77. The predicted molar refractivity (Wildman–Crippen MR) is 83.0 cm³/mol. The third-order valence-electron chi connectivity index (χ3n) is 4.32. The van der Waals surface area contributed by atoms with Crippen molar-refractivity contribution in [3.8, 4) is 0 Å². The standard InChI is InChI=1S/C16H20N4O2/c1-15(2)12-13(16(3,4)20(15)22-5)19-11-9(14(17)21)7-6-8-10(11)18-12/h6-8H,1-5H3,(H2,17,21). The molecule has 1 amide bonds. The summed E-state index contributed by atoms with van der Waals surface area (Å²) in [5.74, 6) is -0.501. The van der Waals surface area contributed by atoms with Crippen LogP contribution in [-0.4, -0.2) is 28.0 Å². The molecular formula is C16H20N4O2. The average molecular weight is 300 g/mol. The number of primary amides is 1. The second-order valence-electron chi connectivity index (χ2n) is 6.55. The van der Waals surface area contributed by atoms with Crippen molar-refractivity contribution in [3.63, 3.8) is 0 Å². The molecule has 116 valence electrons. The first-order chi connectivity index (χ1) is 10.2. The van der Waals surface area contributed by atoms with Gasteiger partial charge in [-0.25, -0.2) is 9.97 Å². The van der Waals surface area contributed by atoms with E-state index in [1.54, 1.807) is 19.2 Å². The van der Waals surface area contributed by atoms with Crippen LogP contribution in [0.5, 0.6) is 0 Å². The highest BCUT2D eigenvalue weighted by Gasteiger charge is 2.52. The summed E-state index contributed by atoms with van der Waals surface area (Å²) in [7, 11) is 1.64. The zero-order valence-corrected chi connectivity index (χ0v) is 13.5. The minimum atomic E-state index is -0.501. The Labute approximate surface area is 129 Å². The predicted octanol–water partition coefficient (Wildman–Crippen LogP) is 2.08. The van der Waals surface area contributed by atoms with Crippen LogP contribution < -0.4 is 5.73 Å². The van der Waals surface area contributed by atoms with Gasteiger partial charge in [-0.05, 0) is 39.8 Å². The topological polar surface area (TPSA) is 81.3 Å². The number of hydrogen-bond donors (Lipinski definition) is 1. The van der Waals surface area contributed by atoms with Gasteiger partial charge in [0.05, 0.1) is 40.7 Å². The smallest absolute Gasteiger partial charge is 0.250 e. The van der Waals surface area contributed by atoms with Gasteiger partial charge in [0.1, 0.15) is 5.52 Å². The Morgan fingerprint density at radius 3 is 2.27 bits per heavy atom. The lowest BCUT2D eigenvalue weighted by Crippen LogP contribution is -2.44. The van der Waals surface area contributed by atoms with Crippen molar-refractivity contribution in [3.05, 3.63) is 35.2 Å². The van der Waals surface area contributed by atoms with E-state index in [0.717, 1.165) is 11.4 Å². The number of hydrogen-bond acceptors (Lipinski definition) is 5. The first-order valence-electron chi connectivity index (χ1n) is 7.17. The molecule has 6 nitrogen and oxygen atoms in total. The number of amides is 1. The molecule has 1 aromatic carbocycles. The fraction of sp³-hybridized carbons (Fsp3) is 0.438. The second-order valence-corrected chi connectivity index (χ2v) is 6.55. The summed E-state index contributed by atoms with van der Waals surface area (Å²) in [6.45, 7) is 8.14.